The van der Waals surface area contributed by atoms with Gasteiger partial charge in [0.25, 0.3) is 5.89 Å². The van der Waals surface area contributed by atoms with Crippen LogP contribution in [0.4, 0.5) is 0 Å². The van der Waals surface area contributed by atoms with E-state index in [0.717, 1.165) is 10.4 Å². The van der Waals surface area contributed by atoms with Gasteiger partial charge in [0.1, 0.15) is 11.6 Å². The van der Waals surface area contributed by atoms with Crippen LogP contribution in [0.3, 0.4) is 0 Å². The van der Waals surface area contributed by atoms with Crippen LogP contribution in [0.15, 0.2) is 38.9 Å². The summed E-state index contributed by atoms with van der Waals surface area (Å²) in [5.74, 6) is 0.758. The fourth-order valence-corrected chi connectivity index (χ4v) is 2.77. The molecule has 0 N–H and O–H groups in total. The number of thiophene rings is 2. The molecule has 3 rings (SSSR count). The smallest absolute Gasteiger partial charge is 0.268 e. The van der Waals surface area contributed by atoms with E-state index in [0.29, 0.717) is 11.4 Å². The Morgan fingerprint density at radius 1 is 1.37 bits per heavy atom. The summed E-state index contributed by atoms with van der Waals surface area (Å²) in [6.07, 6.45) is 1.74. The summed E-state index contributed by atoms with van der Waals surface area (Å²) in [5, 5.41) is 18.9. The molecule has 0 aliphatic rings. The van der Waals surface area contributed by atoms with Crippen molar-refractivity contribution in [3.63, 3.8) is 0 Å². The maximum Gasteiger partial charge on any atom is 0.268 e. The largest absolute Gasteiger partial charge is 0.333 e. The van der Waals surface area contributed by atoms with Gasteiger partial charge in [-0.15, -0.1) is 11.3 Å². The molecule has 0 fully saturated rings. The maximum atomic E-state index is 9.18. The molecule has 0 saturated heterocycles. The Hall–Kier alpha value is -2.23. The van der Waals surface area contributed by atoms with E-state index in [1.165, 1.54) is 11.3 Å². The number of nitrogens with zero attached hydrogens (tertiary/aromatic N) is 3. The summed E-state index contributed by atoms with van der Waals surface area (Å²) in [6, 6.07) is 7.85. The van der Waals surface area contributed by atoms with E-state index in [-0.39, 0.29) is 5.89 Å². The van der Waals surface area contributed by atoms with Crippen molar-refractivity contribution in [3.8, 4) is 16.8 Å². The Bertz CT molecular complexity index is 733. The maximum absolute atomic E-state index is 9.18. The van der Waals surface area contributed by atoms with E-state index in [1.807, 2.05) is 34.3 Å². The highest BCUT2D eigenvalue weighted by atomic mass is 32.1. The quantitative estimate of drug-likeness (QED) is 0.684. The molecular formula is C13H7N3OS2. The van der Waals surface area contributed by atoms with Crippen LogP contribution in [0.25, 0.3) is 22.4 Å². The van der Waals surface area contributed by atoms with Crippen molar-refractivity contribution < 1.29 is 4.52 Å². The first-order valence-electron chi connectivity index (χ1n) is 5.39. The predicted octanol–water partition coefficient (Wildman–Crippen LogP) is 3.92. The van der Waals surface area contributed by atoms with Crippen molar-refractivity contribution >= 4 is 34.3 Å². The SMILES string of the molecule is N#C/C(=C\c1ccsc1)c1nc(-c2cccs2)no1. The molecule has 6 heteroatoms. The number of allylic oxidation sites excluding steroid dienone is 1. The monoisotopic (exact) mass is 285 g/mol. The third-order valence-corrected chi connectivity index (χ3v) is 3.94. The van der Waals surface area contributed by atoms with Crippen molar-refractivity contribution in [3.05, 3.63) is 45.8 Å². The zero-order valence-electron chi connectivity index (χ0n) is 9.61. The molecule has 0 atom stereocenters. The molecule has 3 aromatic heterocycles. The van der Waals surface area contributed by atoms with Crippen LogP contribution in [-0.4, -0.2) is 10.1 Å². The Labute approximate surface area is 117 Å². The number of nitriles is 1. The highest BCUT2D eigenvalue weighted by Crippen LogP contribution is 2.24. The number of aromatic nitrogens is 2. The minimum atomic E-state index is 0.247. The number of rotatable bonds is 3. The molecule has 0 saturated carbocycles. The van der Waals surface area contributed by atoms with Gasteiger partial charge in [-0.1, -0.05) is 11.2 Å². The summed E-state index contributed by atoms with van der Waals surface area (Å²) < 4.78 is 5.15. The van der Waals surface area contributed by atoms with E-state index in [9.17, 15) is 5.26 Å². The molecule has 3 heterocycles. The van der Waals surface area contributed by atoms with Crippen molar-refractivity contribution in [2.75, 3.05) is 0 Å². The van der Waals surface area contributed by atoms with Crippen LogP contribution in [0.1, 0.15) is 11.5 Å². The van der Waals surface area contributed by atoms with Crippen LogP contribution in [0, 0.1) is 11.3 Å². The molecule has 0 aromatic carbocycles. The van der Waals surface area contributed by atoms with E-state index >= 15 is 0 Å². The lowest BCUT2D eigenvalue weighted by molar-refractivity contribution is 0.409. The first-order valence-corrected chi connectivity index (χ1v) is 7.21. The fourth-order valence-electron chi connectivity index (χ4n) is 1.50. The molecule has 19 heavy (non-hydrogen) atoms. The Morgan fingerprint density at radius 2 is 2.32 bits per heavy atom. The van der Waals surface area contributed by atoms with Gasteiger partial charge in [0, 0.05) is 0 Å². The van der Waals surface area contributed by atoms with Gasteiger partial charge < -0.3 is 4.52 Å². The van der Waals surface area contributed by atoms with E-state index in [4.69, 9.17) is 4.52 Å². The molecule has 0 bridgehead atoms. The van der Waals surface area contributed by atoms with Crippen LogP contribution in [0.5, 0.6) is 0 Å². The van der Waals surface area contributed by atoms with Crippen LogP contribution >= 0.6 is 22.7 Å². The Balaban J connectivity index is 1.96. The Morgan fingerprint density at radius 3 is 3.00 bits per heavy atom. The molecule has 3 aromatic rings. The molecule has 0 aliphatic carbocycles. The van der Waals surface area contributed by atoms with Crippen molar-refractivity contribution in [2.45, 2.75) is 0 Å². The second-order valence-electron chi connectivity index (χ2n) is 3.63. The van der Waals surface area contributed by atoms with Gasteiger partial charge in [-0.3, -0.25) is 0 Å². The standard InChI is InChI=1S/C13H7N3OS2/c14-7-10(6-9-3-5-18-8-9)13-15-12(16-17-13)11-2-1-4-19-11/h1-6,8H/b10-6+. The molecular weight excluding hydrogens is 278 g/mol. The second-order valence-corrected chi connectivity index (χ2v) is 5.35. The van der Waals surface area contributed by atoms with Gasteiger partial charge in [-0.05, 0) is 39.9 Å². The molecule has 0 radical (unpaired) electrons. The van der Waals surface area contributed by atoms with Crippen molar-refractivity contribution in [1.82, 2.24) is 10.1 Å². The minimum absolute atomic E-state index is 0.247. The molecule has 92 valence electrons. The highest BCUT2D eigenvalue weighted by molar-refractivity contribution is 7.13. The first-order chi connectivity index (χ1) is 9.36. The first kappa shape index (κ1) is 11.8. The van der Waals surface area contributed by atoms with E-state index in [1.54, 1.807) is 17.4 Å². The molecule has 0 unspecified atom stereocenters. The second kappa shape index (κ2) is 5.18. The minimum Gasteiger partial charge on any atom is -0.333 e. The van der Waals surface area contributed by atoms with Gasteiger partial charge >= 0.3 is 0 Å². The average Bonchev–Trinajstić information content (AvgIpc) is 3.15. The molecule has 0 amide bonds. The van der Waals surface area contributed by atoms with Crippen LogP contribution < -0.4 is 0 Å². The zero-order valence-corrected chi connectivity index (χ0v) is 11.2. The van der Waals surface area contributed by atoms with E-state index < -0.39 is 0 Å². The normalized spacial score (nSPS) is 11.4. The summed E-state index contributed by atoms with van der Waals surface area (Å²) in [4.78, 5) is 5.17. The fraction of sp³-hybridized carbons (Fsp3) is 0. The van der Waals surface area contributed by atoms with Gasteiger partial charge in [0.2, 0.25) is 5.82 Å². The molecule has 0 aliphatic heterocycles. The van der Waals surface area contributed by atoms with Crippen LogP contribution in [0.2, 0.25) is 0 Å². The topological polar surface area (TPSA) is 62.7 Å². The summed E-state index contributed by atoms with van der Waals surface area (Å²) in [5.41, 5.74) is 1.33. The molecule has 4 nitrogen and oxygen atoms in total. The zero-order chi connectivity index (χ0) is 13.1. The van der Waals surface area contributed by atoms with Gasteiger partial charge in [0.15, 0.2) is 0 Å². The lowest BCUT2D eigenvalue weighted by Gasteiger charge is -1.88. The third kappa shape index (κ3) is 2.47. The van der Waals surface area contributed by atoms with Crippen molar-refractivity contribution in [1.29, 1.82) is 5.26 Å². The van der Waals surface area contributed by atoms with Gasteiger partial charge in [0.05, 0.1) is 4.88 Å². The highest BCUT2D eigenvalue weighted by Gasteiger charge is 2.13. The third-order valence-electron chi connectivity index (χ3n) is 2.37. The lowest BCUT2D eigenvalue weighted by Crippen LogP contribution is -1.81. The van der Waals surface area contributed by atoms with E-state index in [2.05, 4.69) is 16.2 Å². The average molecular weight is 285 g/mol. The number of hydrogen-bond donors (Lipinski definition) is 0. The summed E-state index contributed by atoms with van der Waals surface area (Å²) >= 11 is 3.10. The summed E-state index contributed by atoms with van der Waals surface area (Å²) in [6.45, 7) is 0. The van der Waals surface area contributed by atoms with Gasteiger partial charge in [-0.2, -0.15) is 21.6 Å². The Kier molecular flexibility index (Phi) is 3.23. The predicted molar refractivity (Wildman–Crippen MR) is 75.4 cm³/mol. The van der Waals surface area contributed by atoms with Crippen LogP contribution in [-0.2, 0) is 0 Å². The molecule has 0 spiro atoms. The van der Waals surface area contributed by atoms with Crippen molar-refractivity contribution in [2.24, 2.45) is 0 Å². The number of hydrogen-bond acceptors (Lipinski definition) is 6. The van der Waals surface area contributed by atoms with Gasteiger partial charge in [-0.25, -0.2) is 0 Å². The summed E-state index contributed by atoms with van der Waals surface area (Å²) in [7, 11) is 0. The lowest BCUT2D eigenvalue weighted by atomic mass is 10.2.